The van der Waals surface area contributed by atoms with E-state index in [-0.39, 0.29) is 0 Å². The van der Waals surface area contributed by atoms with Crippen LogP contribution in [-0.2, 0) is 0 Å². The van der Waals surface area contributed by atoms with E-state index >= 15 is 0 Å². The highest BCUT2D eigenvalue weighted by molar-refractivity contribution is 5.72. The first-order valence-corrected chi connectivity index (χ1v) is 6.50. The molecule has 0 radical (unpaired) electrons. The van der Waals surface area contributed by atoms with Crippen LogP contribution in [0.2, 0.25) is 0 Å². The predicted octanol–water partition coefficient (Wildman–Crippen LogP) is 2.90. The summed E-state index contributed by atoms with van der Waals surface area (Å²) in [5, 5.41) is 3.20. The minimum Gasteiger partial charge on any atom is -0.493 e. The van der Waals surface area contributed by atoms with E-state index in [2.05, 4.69) is 15.3 Å². The van der Waals surface area contributed by atoms with Crippen LogP contribution in [0.1, 0.15) is 12.7 Å². The molecule has 0 unspecified atom stereocenters. The molecule has 2 aromatic rings. The summed E-state index contributed by atoms with van der Waals surface area (Å²) in [5.41, 5.74) is 1.70. The summed E-state index contributed by atoms with van der Waals surface area (Å²) < 4.78 is 10.8. The molecule has 0 amide bonds. The van der Waals surface area contributed by atoms with Gasteiger partial charge < -0.3 is 14.8 Å². The van der Waals surface area contributed by atoms with Crippen LogP contribution < -0.4 is 14.8 Å². The number of nitrogens with one attached hydrogen (secondary N) is 1. The number of anilines is 1. The van der Waals surface area contributed by atoms with Crippen LogP contribution in [0.5, 0.6) is 11.5 Å². The standard InChI is InChI=1S/C15H19N3O2/c1-5-16-14-9-12(17-10(2)18-14)11-7-6-8-13(19-3)15(11)20-4/h6-9H,5H2,1-4H3,(H,16,17,18). The van der Waals surface area contributed by atoms with Gasteiger partial charge in [0.2, 0.25) is 0 Å². The average Bonchev–Trinajstić information content (AvgIpc) is 2.46. The lowest BCUT2D eigenvalue weighted by molar-refractivity contribution is 0.356. The van der Waals surface area contributed by atoms with Gasteiger partial charge in [0, 0.05) is 18.2 Å². The van der Waals surface area contributed by atoms with E-state index in [1.54, 1.807) is 14.2 Å². The Labute approximate surface area is 119 Å². The van der Waals surface area contributed by atoms with E-state index in [0.29, 0.717) is 17.3 Å². The van der Waals surface area contributed by atoms with Gasteiger partial charge in [-0.1, -0.05) is 6.07 Å². The van der Waals surface area contributed by atoms with Crippen LogP contribution in [0.15, 0.2) is 24.3 Å². The van der Waals surface area contributed by atoms with Crippen LogP contribution in [0, 0.1) is 6.92 Å². The first kappa shape index (κ1) is 14.1. The molecule has 0 spiro atoms. The van der Waals surface area contributed by atoms with Crippen molar-refractivity contribution in [1.29, 1.82) is 0 Å². The Morgan fingerprint density at radius 2 is 1.95 bits per heavy atom. The Morgan fingerprint density at radius 3 is 2.60 bits per heavy atom. The Bertz CT molecular complexity index is 600. The fourth-order valence-corrected chi connectivity index (χ4v) is 2.07. The van der Waals surface area contributed by atoms with Crippen molar-refractivity contribution in [2.24, 2.45) is 0 Å². The molecule has 0 aliphatic rings. The van der Waals surface area contributed by atoms with Crippen LogP contribution >= 0.6 is 0 Å². The van der Waals surface area contributed by atoms with E-state index in [1.807, 2.05) is 38.1 Å². The summed E-state index contributed by atoms with van der Waals surface area (Å²) in [6.07, 6.45) is 0. The van der Waals surface area contributed by atoms with Crippen molar-refractivity contribution in [1.82, 2.24) is 9.97 Å². The summed E-state index contributed by atoms with van der Waals surface area (Å²) in [4.78, 5) is 8.84. The maximum Gasteiger partial charge on any atom is 0.170 e. The lowest BCUT2D eigenvalue weighted by Crippen LogP contribution is -2.03. The van der Waals surface area contributed by atoms with Crippen LogP contribution in [0.3, 0.4) is 0 Å². The molecular weight excluding hydrogens is 254 g/mol. The first-order valence-electron chi connectivity index (χ1n) is 6.50. The van der Waals surface area contributed by atoms with Crippen molar-refractivity contribution in [2.75, 3.05) is 26.1 Å². The molecule has 0 fully saturated rings. The Morgan fingerprint density at radius 1 is 1.15 bits per heavy atom. The smallest absolute Gasteiger partial charge is 0.170 e. The molecule has 106 valence electrons. The predicted molar refractivity (Wildman–Crippen MR) is 79.5 cm³/mol. The number of aryl methyl sites for hydroxylation is 1. The molecule has 0 bridgehead atoms. The number of benzene rings is 1. The number of hydrogen-bond acceptors (Lipinski definition) is 5. The van der Waals surface area contributed by atoms with Gasteiger partial charge in [-0.15, -0.1) is 0 Å². The lowest BCUT2D eigenvalue weighted by atomic mass is 10.1. The van der Waals surface area contributed by atoms with E-state index in [9.17, 15) is 0 Å². The van der Waals surface area contributed by atoms with Gasteiger partial charge in [-0.25, -0.2) is 9.97 Å². The SMILES string of the molecule is CCNc1cc(-c2cccc(OC)c2OC)nc(C)n1. The molecule has 0 saturated carbocycles. The van der Waals surface area contributed by atoms with Gasteiger partial charge in [-0.3, -0.25) is 0 Å². The zero-order valence-electron chi connectivity index (χ0n) is 12.2. The summed E-state index contributed by atoms with van der Waals surface area (Å²) >= 11 is 0. The maximum atomic E-state index is 5.46. The Hall–Kier alpha value is -2.30. The number of aromatic nitrogens is 2. The van der Waals surface area contributed by atoms with Gasteiger partial charge >= 0.3 is 0 Å². The van der Waals surface area contributed by atoms with Crippen molar-refractivity contribution >= 4 is 5.82 Å². The van der Waals surface area contributed by atoms with Gasteiger partial charge in [0.25, 0.3) is 0 Å². The van der Waals surface area contributed by atoms with E-state index < -0.39 is 0 Å². The highest BCUT2D eigenvalue weighted by atomic mass is 16.5. The van der Waals surface area contributed by atoms with Crippen LogP contribution in [0.4, 0.5) is 5.82 Å². The van der Waals surface area contributed by atoms with Crippen molar-refractivity contribution < 1.29 is 9.47 Å². The number of rotatable bonds is 5. The van der Waals surface area contributed by atoms with Crippen molar-refractivity contribution in [3.63, 3.8) is 0 Å². The highest BCUT2D eigenvalue weighted by Gasteiger charge is 2.13. The number of para-hydroxylation sites is 1. The molecule has 2 rings (SSSR count). The fraction of sp³-hybridized carbons (Fsp3) is 0.333. The molecule has 0 aliphatic carbocycles. The van der Waals surface area contributed by atoms with Gasteiger partial charge in [-0.05, 0) is 26.0 Å². The second-order valence-corrected chi connectivity index (χ2v) is 4.26. The second-order valence-electron chi connectivity index (χ2n) is 4.26. The topological polar surface area (TPSA) is 56.3 Å². The monoisotopic (exact) mass is 273 g/mol. The van der Waals surface area contributed by atoms with Gasteiger partial charge in [0.1, 0.15) is 11.6 Å². The second kappa shape index (κ2) is 6.23. The number of ether oxygens (including phenoxy) is 2. The third-order valence-corrected chi connectivity index (χ3v) is 2.87. The van der Waals surface area contributed by atoms with E-state index in [1.165, 1.54) is 0 Å². The molecule has 0 atom stereocenters. The largest absolute Gasteiger partial charge is 0.493 e. The minimum atomic E-state index is 0.676. The zero-order chi connectivity index (χ0) is 14.5. The molecule has 1 N–H and O–H groups in total. The highest BCUT2D eigenvalue weighted by Crippen LogP contribution is 2.37. The molecule has 0 aliphatic heterocycles. The van der Waals surface area contributed by atoms with Crippen LogP contribution in [0.25, 0.3) is 11.3 Å². The third kappa shape index (κ3) is 2.82. The first-order chi connectivity index (χ1) is 9.69. The Kier molecular flexibility index (Phi) is 4.40. The summed E-state index contributed by atoms with van der Waals surface area (Å²) in [6, 6.07) is 7.65. The minimum absolute atomic E-state index is 0.676. The summed E-state index contributed by atoms with van der Waals surface area (Å²) in [7, 11) is 3.25. The third-order valence-electron chi connectivity index (χ3n) is 2.87. The fourth-order valence-electron chi connectivity index (χ4n) is 2.07. The lowest BCUT2D eigenvalue weighted by Gasteiger charge is -2.13. The summed E-state index contributed by atoms with van der Waals surface area (Å²) in [5.74, 6) is 2.88. The quantitative estimate of drug-likeness (QED) is 0.907. The molecule has 5 nitrogen and oxygen atoms in total. The maximum absolute atomic E-state index is 5.46. The molecule has 1 heterocycles. The molecule has 20 heavy (non-hydrogen) atoms. The normalized spacial score (nSPS) is 10.2. The Balaban J connectivity index is 2.56. The van der Waals surface area contributed by atoms with Crippen LogP contribution in [-0.4, -0.2) is 30.7 Å². The van der Waals surface area contributed by atoms with Crippen molar-refractivity contribution in [3.05, 3.63) is 30.1 Å². The number of nitrogens with zero attached hydrogens (tertiary/aromatic N) is 2. The van der Waals surface area contributed by atoms with Crippen molar-refractivity contribution in [3.8, 4) is 22.8 Å². The number of methoxy groups -OCH3 is 2. The molecule has 5 heteroatoms. The molecule has 1 aromatic carbocycles. The summed E-state index contributed by atoms with van der Waals surface area (Å²) in [6.45, 7) is 4.71. The molecular formula is C15H19N3O2. The number of hydrogen-bond donors (Lipinski definition) is 1. The van der Waals surface area contributed by atoms with E-state index in [4.69, 9.17) is 9.47 Å². The van der Waals surface area contributed by atoms with Crippen molar-refractivity contribution in [2.45, 2.75) is 13.8 Å². The molecule has 1 aromatic heterocycles. The zero-order valence-corrected chi connectivity index (χ0v) is 12.2. The molecule has 0 saturated heterocycles. The van der Waals surface area contributed by atoms with Gasteiger partial charge in [0.15, 0.2) is 11.5 Å². The van der Waals surface area contributed by atoms with E-state index in [0.717, 1.165) is 23.6 Å². The van der Waals surface area contributed by atoms with Gasteiger partial charge in [0.05, 0.1) is 19.9 Å². The van der Waals surface area contributed by atoms with Gasteiger partial charge in [-0.2, -0.15) is 0 Å². The average molecular weight is 273 g/mol.